The highest BCUT2D eigenvalue weighted by molar-refractivity contribution is 5.55. The topological polar surface area (TPSA) is 51.0 Å². The van der Waals surface area contributed by atoms with E-state index in [4.69, 9.17) is 4.52 Å². The second kappa shape index (κ2) is 4.90. The molecule has 0 aliphatic carbocycles. The minimum absolute atomic E-state index is 0.110. The van der Waals surface area contributed by atoms with Gasteiger partial charge in [0.15, 0.2) is 0 Å². The molecule has 1 heterocycles. The van der Waals surface area contributed by atoms with Crippen LogP contribution in [0.1, 0.15) is 32.2 Å². The lowest BCUT2D eigenvalue weighted by atomic mass is 10.1. The Kier molecular flexibility index (Phi) is 3.48. The highest BCUT2D eigenvalue weighted by Gasteiger charge is 2.10. The van der Waals surface area contributed by atoms with Crippen molar-refractivity contribution in [3.05, 3.63) is 35.7 Å². The van der Waals surface area contributed by atoms with Crippen LogP contribution in [-0.4, -0.2) is 15.7 Å². The Bertz CT molecular complexity index is 526. The third kappa shape index (κ3) is 3.40. The maximum absolute atomic E-state index is 5.00. The second-order valence-electron chi connectivity index (χ2n) is 5.44. The van der Waals surface area contributed by atoms with E-state index in [2.05, 4.69) is 48.4 Å². The molecule has 0 fully saturated rings. The minimum Gasteiger partial charge on any atom is -0.339 e. The molecular weight excluding hydrogens is 226 g/mol. The normalized spacial score (nSPS) is 11.8. The lowest BCUT2D eigenvalue weighted by Gasteiger charge is -2.20. The van der Waals surface area contributed by atoms with Gasteiger partial charge in [-0.1, -0.05) is 23.4 Å². The second-order valence-corrected chi connectivity index (χ2v) is 5.44. The van der Waals surface area contributed by atoms with Gasteiger partial charge in [0, 0.05) is 24.6 Å². The van der Waals surface area contributed by atoms with E-state index in [-0.39, 0.29) is 5.54 Å². The predicted molar refractivity (Wildman–Crippen MR) is 71.1 cm³/mol. The summed E-state index contributed by atoms with van der Waals surface area (Å²) in [4.78, 5) is 4.23. The zero-order valence-electron chi connectivity index (χ0n) is 11.3. The number of aryl methyl sites for hydroxylation is 1. The Morgan fingerprint density at radius 3 is 2.67 bits per heavy atom. The fraction of sp³-hybridized carbons (Fsp3) is 0.429. The van der Waals surface area contributed by atoms with Crippen LogP contribution in [0.2, 0.25) is 0 Å². The number of hydrogen-bond donors (Lipinski definition) is 1. The molecule has 0 saturated carbocycles. The number of rotatable bonds is 3. The van der Waals surface area contributed by atoms with Crippen molar-refractivity contribution in [2.45, 2.75) is 39.8 Å². The molecule has 0 aliphatic heterocycles. The van der Waals surface area contributed by atoms with Gasteiger partial charge in [-0.25, -0.2) is 0 Å². The predicted octanol–water partition coefficient (Wildman–Crippen LogP) is 2.93. The Labute approximate surface area is 107 Å². The lowest BCUT2D eigenvalue weighted by Crippen LogP contribution is -2.35. The molecule has 4 heteroatoms. The SMILES string of the molecule is Cc1nc(-c2cccc(CNC(C)(C)C)c2)no1. The van der Waals surface area contributed by atoms with E-state index in [0.29, 0.717) is 11.7 Å². The molecule has 96 valence electrons. The zero-order chi connectivity index (χ0) is 13.2. The van der Waals surface area contributed by atoms with Crippen molar-refractivity contribution < 1.29 is 4.52 Å². The minimum atomic E-state index is 0.110. The van der Waals surface area contributed by atoms with Crippen LogP contribution in [0.4, 0.5) is 0 Å². The zero-order valence-corrected chi connectivity index (χ0v) is 11.3. The van der Waals surface area contributed by atoms with Gasteiger partial charge in [0.25, 0.3) is 0 Å². The molecule has 1 N–H and O–H groups in total. The summed E-state index contributed by atoms with van der Waals surface area (Å²) >= 11 is 0. The molecule has 1 aromatic heterocycles. The van der Waals surface area contributed by atoms with E-state index < -0.39 is 0 Å². The summed E-state index contributed by atoms with van der Waals surface area (Å²) in [6.07, 6.45) is 0. The van der Waals surface area contributed by atoms with Gasteiger partial charge in [-0.2, -0.15) is 4.98 Å². The summed E-state index contributed by atoms with van der Waals surface area (Å²) in [5, 5.41) is 7.39. The average Bonchev–Trinajstić information content (AvgIpc) is 2.73. The molecule has 0 radical (unpaired) electrons. The number of aromatic nitrogens is 2. The maximum atomic E-state index is 5.00. The van der Waals surface area contributed by atoms with Crippen molar-refractivity contribution in [1.29, 1.82) is 0 Å². The van der Waals surface area contributed by atoms with Gasteiger partial charge in [-0.05, 0) is 32.4 Å². The Balaban J connectivity index is 2.15. The third-order valence-electron chi connectivity index (χ3n) is 2.54. The first-order valence-corrected chi connectivity index (χ1v) is 6.09. The average molecular weight is 245 g/mol. The molecule has 18 heavy (non-hydrogen) atoms. The first-order valence-electron chi connectivity index (χ1n) is 6.09. The van der Waals surface area contributed by atoms with Gasteiger partial charge in [0.1, 0.15) is 0 Å². The van der Waals surface area contributed by atoms with Crippen molar-refractivity contribution in [2.24, 2.45) is 0 Å². The Hall–Kier alpha value is -1.68. The Morgan fingerprint density at radius 1 is 1.28 bits per heavy atom. The number of benzene rings is 1. The largest absolute Gasteiger partial charge is 0.339 e. The first-order chi connectivity index (χ1) is 8.44. The van der Waals surface area contributed by atoms with Gasteiger partial charge in [-0.15, -0.1) is 0 Å². The van der Waals surface area contributed by atoms with E-state index in [9.17, 15) is 0 Å². The van der Waals surface area contributed by atoms with E-state index in [0.717, 1.165) is 12.1 Å². The highest BCUT2D eigenvalue weighted by atomic mass is 16.5. The quantitative estimate of drug-likeness (QED) is 0.903. The van der Waals surface area contributed by atoms with E-state index in [1.807, 2.05) is 12.1 Å². The summed E-state index contributed by atoms with van der Waals surface area (Å²) in [7, 11) is 0. The van der Waals surface area contributed by atoms with Gasteiger partial charge in [0.05, 0.1) is 0 Å². The molecule has 4 nitrogen and oxygen atoms in total. The summed E-state index contributed by atoms with van der Waals surface area (Å²) < 4.78 is 5.00. The summed E-state index contributed by atoms with van der Waals surface area (Å²) in [5.41, 5.74) is 2.31. The van der Waals surface area contributed by atoms with E-state index in [1.165, 1.54) is 5.56 Å². The van der Waals surface area contributed by atoms with Crippen molar-refractivity contribution in [3.63, 3.8) is 0 Å². The van der Waals surface area contributed by atoms with Crippen molar-refractivity contribution in [1.82, 2.24) is 15.5 Å². The van der Waals surface area contributed by atoms with Gasteiger partial charge in [0.2, 0.25) is 11.7 Å². The number of hydrogen-bond acceptors (Lipinski definition) is 4. The molecule has 0 atom stereocenters. The van der Waals surface area contributed by atoms with Crippen LogP contribution in [0.3, 0.4) is 0 Å². The van der Waals surface area contributed by atoms with Gasteiger partial charge >= 0.3 is 0 Å². The van der Waals surface area contributed by atoms with Crippen LogP contribution in [0.15, 0.2) is 28.8 Å². The standard InChI is InChI=1S/C14H19N3O/c1-10-16-13(17-18-10)12-7-5-6-11(8-12)9-15-14(2,3)4/h5-8,15H,9H2,1-4H3. The summed E-state index contributed by atoms with van der Waals surface area (Å²) in [6, 6.07) is 8.18. The molecule has 2 aromatic rings. The van der Waals surface area contributed by atoms with Crippen LogP contribution in [0.25, 0.3) is 11.4 Å². The summed E-state index contributed by atoms with van der Waals surface area (Å²) in [6.45, 7) is 9.08. The lowest BCUT2D eigenvalue weighted by molar-refractivity contribution is 0.394. The third-order valence-corrected chi connectivity index (χ3v) is 2.54. The molecule has 0 unspecified atom stereocenters. The molecule has 0 aliphatic rings. The summed E-state index contributed by atoms with van der Waals surface area (Å²) in [5.74, 6) is 1.23. The van der Waals surface area contributed by atoms with Crippen LogP contribution < -0.4 is 5.32 Å². The molecule has 0 saturated heterocycles. The highest BCUT2D eigenvalue weighted by Crippen LogP contribution is 2.17. The maximum Gasteiger partial charge on any atom is 0.223 e. The fourth-order valence-electron chi connectivity index (χ4n) is 1.60. The fourth-order valence-corrected chi connectivity index (χ4v) is 1.60. The molecule has 0 bridgehead atoms. The molecule has 0 amide bonds. The van der Waals surface area contributed by atoms with Gasteiger partial charge < -0.3 is 9.84 Å². The van der Waals surface area contributed by atoms with Crippen LogP contribution >= 0.6 is 0 Å². The van der Waals surface area contributed by atoms with E-state index >= 15 is 0 Å². The molecular formula is C14H19N3O. The van der Waals surface area contributed by atoms with Crippen molar-refractivity contribution >= 4 is 0 Å². The number of nitrogens with one attached hydrogen (secondary N) is 1. The van der Waals surface area contributed by atoms with Crippen molar-refractivity contribution in [3.8, 4) is 11.4 Å². The van der Waals surface area contributed by atoms with Crippen molar-refractivity contribution in [2.75, 3.05) is 0 Å². The molecule has 0 spiro atoms. The van der Waals surface area contributed by atoms with Crippen LogP contribution in [0, 0.1) is 6.92 Å². The van der Waals surface area contributed by atoms with Crippen LogP contribution in [-0.2, 0) is 6.54 Å². The first kappa shape index (κ1) is 12.8. The monoisotopic (exact) mass is 245 g/mol. The van der Waals surface area contributed by atoms with Gasteiger partial charge in [-0.3, -0.25) is 0 Å². The van der Waals surface area contributed by atoms with Crippen LogP contribution in [0.5, 0.6) is 0 Å². The smallest absolute Gasteiger partial charge is 0.223 e. The Morgan fingerprint density at radius 2 is 2.06 bits per heavy atom. The van der Waals surface area contributed by atoms with E-state index in [1.54, 1.807) is 6.92 Å². The number of nitrogens with zero attached hydrogens (tertiary/aromatic N) is 2. The molecule has 2 rings (SSSR count). The molecule has 1 aromatic carbocycles.